The summed E-state index contributed by atoms with van der Waals surface area (Å²) >= 11 is 0. The fourth-order valence-electron chi connectivity index (χ4n) is 4.96. The van der Waals surface area contributed by atoms with Crippen LogP contribution in [0.3, 0.4) is 0 Å². The summed E-state index contributed by atoms with van der Waals surface area (Å²) in [6, 6.07) is 7.80. The number of fused-ring (bicyclic) bond motifs is 2. The number of carbonyl (C=O) groups is 2. The highest BCUT2D eigenvalue weighted by atomic mass is 16.5. The maximum absolute atomic E-state index is 13.4. The minimum Gasteiger partial charge on any atom is -0.496 e. The van der Waals surface area contributed by atoms with Crippen LogP contribution >= 0.6 is 0 Å². The van der Waals surface area contributed by atoms with Gasteiger partial charge >= 0.3 is 0 Å². The molecule has 0 unspecified atom stereocenters. The molecule has 1 N–H and O–H groups in total. The summed E-state index contributed by atoms with van der Waals surface area (Å²) in [5, 5.41) is 2.85. The average molecular weight is 452 g/mol. The lowest BCUT2D eigenvalue weighted by Crippen LogP contribution is -2.41. The summed E-state index contributed by atoms with van der Waals surface area (Å²) in [4.78, 5) is 41.5. The molecule has 1 aliphatic heterocycles. The van der Waals surface area contributed by atoms with Gasteiger partial charge in [-0.2, -0.15) is 0 Å². The van der Waals surface area contributed by atoms with Gasteiger partial charge in [0, 0.05) is 37.1 Å². The van der Waals surface area contributed by atoms with E-state index in [9.17, 15) is 14.4 Å². The molecule has 0 spiro atoms. The molecule has 33 heavy (non-hydrogen) atoms. The zero-order valence-electron chi connectivity index (χ0n) is 19.7. The molecule has 2 fully saturated rings. The summed E-state index contributed by atoms with van der Waals surface area (Å²) in [5.41, 5.74) is 0.465. The molecule has 4 rings (SSSR count). The molecule has 7 heteroatoms. The van der Waals surface area contributed by atoms with Crippen LogP contribution in [0, 0.1) is 11.8 Å². The van der Waals surface area contributed by atoms with Crippen LogP contribution in [0.2, 0.25) is 0 Å². The Morgan fingerprint density at radius 1 is 1.15 bits per heavy atom. The first kappa shape index (κ1) is 23.1. The number of piperidine rings is 1. The molecule has 0 radical (unpaired) electrons. The lowest BCUT2D eigenvalue weighted by Gasteiger charge is -2.27. The van der Waals surface area contributed by atoms with Crippen molar-refractivity contribution in [3.8, 4) is 5.75 Å². The third kappa shape index (κ3) is 4.97. The third-order valence-corrected chi connectivity index (χ3v) is 6.78. The van der Waals surface area contributed by atoms with Gasteiger partial charge in [-0.15, -0.1) is 0 Å². The van der Waals surface area contributed by atoms with E-state index in [1.54, 1.807) is 24.1 Å². The summed E-state index contributed by atoms with van der Waals surface area (Å²) in [6.45, 7) is 5.71. The summed E-state index contributed by atoms with van der Waals surface area (Å²) in [5.74, 6) is 0.969. The van der Waals surface area contributed by atoms with Gasteiger partial charge in [-0.05, 0) is 43.6 Å². The molecule has 2 aliphatic rings. The number of methoxy groups -OCH3 is 1. The first-order valence-electron chi connectivity index (χ1n) is 11.8. The van der Waals surface area contributed by atoms with Crippen LogP contribution in [0.25, 0.3) is 0 Å². The van der Waals surface area contributed by atoms with Crippen LogP contribution in [-0.4, -0.2) is 47.5 Å². The van der Waals surface area contributed by atoms with Gasteiger partial charge in [0.2, 0.25) is 5.43 Å². The van der Waals surface area contributed by atoms with Crippen molar-refractivity contribution in [2.45, 2.75) is 52.1 Å². The number of carbonyl (C=O) groups excluding carboxylic acids is 2. The summed E-state index contributed by atoms with van der Waals surface area (Å²) in [6.07, 6.45) is 7.10. The van der Waals surface area contributed by atoms with Crippen molar-refractivity contribution >= 4 is 11.8 Å². The van der Waals surface area contributed by atoms with Gasteiger partial charge in [0.1, 0.15) is 16.9 Å². The number of aromatic nitrogens is 1. The maximum Gasteiger partial charge on any atom is 0.259 e. The first-order valence-corrected chi connectivity index (χ1v) is 11.8. The molecular formula is C26H33N3O4. The van der Waals surface area contributed by atoms with E-state index < -0.39 is 11.3 Å². The normalized spacial score (nSPS) is 19.2. The molecule has 2 heterocycles. The highest BCUT2D eigenvalue weighted by Gasteiger charge is 2.41. The molecule has 1 aliphatic carbocycles. The number of benzene rings is 1. The smallest absolute Gasteiger partial charge is 0.259 e. The maximum atomic E-state index is 13.4. The Kier molecular flexibility index (Phi) is 6.86. The van der Waals surface area contributed by atoms with Crippen LogP contribution < -0.4 is 15.5 Å². The SMILES string of the molecule is COc1ccccc1Cn1cc(C(=O)NCCC(C)C)c(=O)c(C(=O)N2C[C@@H]3CC[C@H]2C3)c1. The second-order valence-electron chi connectivity index (χ2n) is 9.63. The second-order valence-corrected chi connectivity index (χ2v) is 9.63. The Labute approximate surface area is 194 Å². The van der Waals surface area contributed by atoms with Gasteiger partial charge in [0.05, 0.1) is 13.7 Å². The van der Waals surface area contributed by atoms with Crippen molar-refractivity contribution in [2.75, 3.05) is 20.2 Å². The van der Waals surface area contributed by atoms with Crippen LogP contribution in [0.5, 0.6) is 5.75 Å². The predicted molar refractivity (Wildman–Crippen MR) is 127 cm³/mol. The first-order chi connectivity index (χ1) is 15.9. The van der Waals surface area contributed by atoms with E-state index in [0.29, 0.717) is 37.2 Å². The highest BCUT2D eigenvalue weighted by molar-refractivity contribution is 5.99. The van der Waals surface area contributed by atoms with Gasteiger partial charge in [-0.3, -0.25) is 14.4 Å². The quantitative estimate of drug-likeness (QED) is 0.668. The molecule has 1 aromatic heterocycles. The molecular weight excluding hydrogens is 418 g/mol. The molecule has 1 saturated heterocycles. The Hall–Kier alpha value is -3.09. The van der Waals surface area contributed by atoms with Crippen molar-refractivity contribution in [1.29, 1.82) is 0 Å². The largest absolute Gasteiger partial charge is 0.496 e. The number of hydrogen-bond donors (Lipinski definition) is 1. The van der Waals surface area contributed by atoms with Crippen molar-refractivity contribution < 1.29 is 14.3 Å². The fraction of sp³-hybridized carbons (Fsp3) is 0.500. The molecule has 2 atom stereocenters. The van der Waals surface area contributed by atoms with E-state index in [0.717, 1.165) is 31.2 Å². The van der Waals surface area contributed by atoms with Gasteiger partial charge in [-0.25, -0.2) is 0 Å². The molecule has 7 nitrogen and oxygen atoms in total. The van der Waals surface area contributed by atoms with Crippen molar-refractivity contribution in [1.82, 2.24) is 14.8 Å². The van der Waals surface area contributed by atoms with Gasteiger partial charge in [-0.1, -0.05) is 32.0 Å². The van der Waals surface area contributed by atoms with Gasteiger partial charge < -0.3 is 19.5 Å². The zero-order chi connectivity index (χ0) is 23.5. The van der Waals surface area contributed by atoms with Crippen molar-refractivity contribution in [3.63, 3.8) is 0 Å². The lowest BCUT2D eigenvalue weighted by atomic mass is 10.1. The summed E-state index contributed by atoms with van der Waals surface area (Å²) < 4.78 is 7.21. The van der Waals surface area contributed by atoms with Crippen molar-refractivity contribution in [3.05, 3.63) is 63.6 Å². The van der Waals surface area contributed by atoms with E-state index in [1.807, 2.05) is 29.2 Å². The van der Waals surface area contributed by atoms with E-state index in [4.69, 9.17) is 4.74 Å². The van der Waals surface area contributed by atoms with Crippen molar-refractivity contribution in [2.24, 2.45) is 11.8 Å². The predicted octanol–water partition coefficient (Wildman–Crippen LogP) is 3.31. The topological polar surface area (TPSA) is 80.6 Å². The fourth-order valence-corrected chi connectivity index (χ4v) is 4.96. The molecule has 2 bridgehead atoms. The van der Waals surface area contributed by atoms with Crippen LogP contribution in [0.4, 0.5) is 0 Å². The second kappa shape index (κ2) is 9.81. The highest BCUT2D eigenvalue weighted by Crippen LogP contribution is 2.37. The number of para-hydroxylation sites is 1. The minimum atomic E-state index is -0.499. The number of amides is 2. The summed E-state index contributed by atoms with van der Waals surface area (Å²) in [7, 11) is 1.61. The number of rotatable bonds is 8. The number of nitrogens with one attached hydrogen (secondary N) is 1. The number of hydrogen-bond acceptors (Lipinski definition) is 4. The number of nitrogens with zero attached hydrogens (tertiary/aromatic N) is 2. The van der Waals surface area contributed by atoms with Crippen LogP contribution in [-0.2, 0) is 6.54 Å². The molecule has 1 saturated carbocycles. The average Bonchev–Trinajstić information content (AvgIpc) is 3.43. The lowest BCUT2D eigenvalue weighted by molar-refractivity contribution is 0.0701. The Balaban J connectivity index is 1.68. The molecule has 2 amide bonds. The standard InChI is InChI=1S/C26H33N3O4/c1-17(2)10-11-27-25(31)21-15-28(14-19-6-4-5-7-23(19)33-3)16-22(24(21)30)26(32)29-13-18-8-9-20(29)12-18/h4-7,15-18,20H,8-14H2,1-3H3,(H,27,31)/t18-,20+/m1/s1. The minimum absolute atomic E-state index is 0.00357. The van der Waals surface area contributed by atoms with E-state index >= 15 is 0 Å². The van der Waals surface area contributed by atoms with Gasteiger partial charge in [0.25, 0.3) is 11.8 Å². The number of likely N-dealkylation sites (tertiary alicyclic amines) is 1. The van der Waals surface area contributed by atoms with E-state index in [1.165, 1.54) is 0 Å². The van der Waals surface area contributed by atoms with E-state index in [2.05, 4.69) is 19.2 Å². The zero-order valence-corrected chi connectivity index (χ0v) is 19.7. The molecule has 1 aromatic carbocycles. The number of pyridine rings is 1. The Morgan fingerprint density at radius 3 is 2.58 bits per heavy atom. The van der Waals surface area contributed by atoms with Crippen LogP contribution in [0.1, 0.15) is 65.8 Å². The van der Waals surface area contributed by atoms with E-state index in [-0.39, 0.29) is 23.1 Å². The monoisotopic (exact) mass is 451 g/mol. The molecule has 176 valence electrons. The number of ether oxygens (including phenoxy) is 1. The Bertz CT molecular complexity index is 1090. The Morgan fingerprint density at radius 2 is 1.91 bits per heavy atom. The molecule has 2 aromatic rings. The third-order valence-electron chi connectivity index (χ3n) is 6.78. The van der Waals surface area contributed by atoms with Gasteiger partial charge in [0.15, 0.2) is 0 Å². The van der Waals surface area contributed by atoms with Crippen LogP contribution in [0.15, 0.2) is 41.5 Å².